The van der Waals surface area contributed by atoms with Crippen LogP contribution in [0.1, 0.15) is 6.92 Å². The van der Waals surface area contributed by atoms with E-state index < -0.39 is 0 Å². The molecule has 3 aromatic rings. The zero-order valence-electron chi connectivity index (χ0n) is 13.5. The van der Waals surface area contributed by atoms with Crippen LogP contribution in [-0.2, 0) is 4.74 Å². The molecular formula is C17H19N3O3S. The molecule has 1 unspecified atom stereocenters. The van der Waals surface area contributed by atoms with Crippen LogP contribution in [0.15, 0.2) is 44.4 Å². The third-order valence-corrected chi connectivity index (χ3v) is 4.80. The largest absolute Gasteiger partial charge is 0.451 e. The third kappa shape index (κ3) is 3.48. The number of rotatable bonds is 5. The molecule has 0 aliphatic carbocycles. The molecule has 1 fully saturated rings. The van der Waals surface area contributed by atoms with Crippen molar-refractivity contribution in [2.75, 3.05) is 32.0 Å². The Hall–Kier alpha value is -1.83. The molecule has 1 saturated heterocycles. The topological polar surface area (TPSA) is 64.5 Å². The zero-order valence-corrected chi connectivity index (χ0v) is 14.3. The van der Waals surface area contributed by atoms with Crippen molar-refractivity contribution in [3.63, 3.8) is 0 Å². The van der Waals surface area contributed by atoms with E-state index in [1.165, 1.54) is 0 Å². The van der Waals surface area contributed by atoms with Crippen molar-refractivity contribution in [2.45, 2.75) is 18.3 Å². The van der Waals surface area contributed by atoms with Gasteiger partial charge in [0.25, 0.3) is 11.1 Å². The lowest BCUT2D eigenvalue weighted by Crippen LogP contribution is -2.42. The molecular weight excluding hydrogens is 326 g/mol. The summed E-state index contributed by atoms with van der Waals surface area (Å²) >= 11 is 1.57. The lowest BCUT2D eigenvalue weighted by atomic mass is 10.2. The number of nitrogens with zero attached hydrogens (tertiary/aromatic N) is 3. The summed E-state index contributed by atoms with van der Waals surface area (Å²) < 4.78 is 17.0. The third-order valence-electron chi connectivity index (χ3n) is 4.00. The van der Waals surface area contributed by atoms with E-state index in [-0.39, 0.29) is 0 Å². The predicted octanol–water partition coefficient (Wildman–Crippen LogP) is 3.30. The van der Waals surface area contributed by atoms with E-state index in [2.05, 4.69) is 22.0 Å². The minimum absolute atomic E-state index is 0.312. The highest BCUT2D eigenvalue weighted by atomic mass is 32.2. The molecule has 3 heterocycles. The van der Waals surface area contributed by atoms with Crippen molar-refractivity contribution in [3.05, 3.63) is 30.3 Å². The van der Waals surface area contributed by atoms with Crippen LogP contribution in [0.5, 0.6) is 0 Å². The average molecular weight is 345 g/mol. The van der Waals surface area contributed by atoms with E-state index in [4.69, 9.17) is 13.6 Å². The molecule has 6 nitrogen and oxygen atoms in total. The fraction of sp³-hybridized carbons (Fsp3) is 0.412. The second kappa shape index (κ2) is 6.96. The van der Waals surface area contributed by atoms with Crippen LogP contribution in [0.2, 0.25) is 0 Å². The van der Waals surface area contributed by atoms with Gasteiger partial charge in [-0.3, -0.25) is 4.90 Å². The summed E-state index contributed by atoms with van der Waals surface area (Å²) in [7, 11) is 0. The number of benzene rings is 1. The molecule has 1 atom stereocenters. The average Bonchev–Trinajstić information content (AvgIpc) is 3.21. The second-order valence-corrected chi connectivity index (χ2v) is 6.90. The molecule has 0 radical (unpaired) electrons. The molecule has 0 N–H and O–H groups in total. The summed E-state index contributed by atoms with van der Waals surface area (Å²) in [6.45, 7) is 5.87. The van der Waals surface area contributed by atoms with Crippen molar-refractivity contribution in [3.8, 4) is 11.7 Å². The zero-order chi connectivity index (χ0) is 16.4. The highest BCUT2D eigenvalue weighted by Crippen LogP contribution is 2.28. The minimum atomic E-state index is 0.312. The van der Waals surface area contributed by atoms with Gasteiger partial charge in [0, 0.05) is 30.8 Å². The van der Waals surface area contributed by atoms with Crippen molar-refractivity contribution < 1.29 is 13.6 Å². The van der Waals surface area contributed by atoms with Crippen LogP contribution >= 0.6 is 11.8 Å². The highest BCUT2D eigenvalue weighted by Gasteiger charge is 2.17. The van der Waals surface area contributed by atoms with Gasteiger partial charge in [-0.25, -0.2) is 0 Å². The normalized spacial score (nSPS) is 19.1. The molecule has 24 heavy (non-hydrogen) atoms. The Morgan fingerprint density at radius 1 is 1.25 bits per heavy atom. The second-order valence-electron chi connectivity index (χ2n) is 5.85. The maximum absolute atomic E-state index is 5.75. The smallest absolute Gasteiger partial charge is 0.284 e. The van der Waals surface area contributed by atoms with E-state index in [0.717, 1.165) is 43.0 Å². The molecule has 0 spiro atoms. The fourth-order valence-electron chi connectivity index (χ4n) is 2.81. The Bertz CT molecular complexity index is 783. The van der Waals surface area contributed by atoms with Crippen molar-refractivity contribution in [1.29, 1.82) is 0 Å². The molecule has 0 amide bonds. The Morgan fingerprint density at radius 2 is 2.17 bits per heavy atom. The minimum Gasteiger partial charge on any atom is -0.451 e. The van der Waals surface area contributed by atoms with E-state index in [1.54, 1.807) is 11.8 Å². The predicted molar refractivity (Wildman–Crippen MR) is 92.1 cm³/mol. The van der Waals surface area contributed by atoms with Crippen LogP contribution in [0, 0.1) is 0 Å². The summed E-state index contributed by atoms with van der Waals surface area (Å²) in [5.41, 5.74) is 0.821. The summed E-state index contributed by atoms with van der Waals surface area (Å²) in [6, 6.07) is 9.76. The van der Waals surface area contributed by atoms with Gasteiger partial charge in [0.1, 0.15) is 5.58 Å². The van der Waals surface area contributed by atoms with E-state index >= 15 is 0 Å². The molecule has 0 bridgehead atoms. The van der Waals surface area contributed by atoms with Gasteiger partial charge in [-0.15, -0.1) is 10.2 Å². The van der Waals surface area contributed by atoms with Crippen molar-refractivity contribution >= 4 is 22.7 Å². The summed E-state index contributed by atoms with van der Waals surface area (Å²) in [4.78, 5) is 2.40. The molecule has 1 aliphatic heterocycles. The van der Waals surface area contributed by atoms with Gasteiger partial charge < -0.3 is 13.6 Å². The standard InChI is InChI=1S/C17H19N3O3S/c1-12-11-20(6-8-21-12)7-9-24-17-19-18-16(23-17)15-10-13-4-2-3-5-14(13)22-15/h2-5,10,12H,6-9,11H2,1H3. The van der Waals surface area contributed by atoms with Crippen LogP contribution in [0.4, 0.5) is 0 Å². The number of furan rings is 1. The maximum atomic E-state index is 5.75. The van der Waals surface area contributed by atoms with Crippen molar-refractivity contribution in [1.82, 2.24) is 15.1 Å². The number of thioether (sulfide) groups is 1. The number of morpholine rings is 1. The van der Waals surface area contributed by atoms with Crippen LogP contribution < -0.4 is 0 Å². The van der Waals surface area contributed by atoms with Gasteiger partial charge in [-0.05, 0) is 19.1 Å². The van der Waals surface area contributed by atoms with Gasteiger partial charge in [0.2, 0.25) is 0 Å². The SMILES string of the molecule is CC1CN(CCSc2nnc(-c3cc4ccccc4o3)o2)CCO1. The van der Waals surface area contributed by atoms with Crippen LogP contribution in [0.3, 0.4) is 0 Å². The summed E-state index contributed by atoms with van der Waals surface area (Å²) in [6.07, 6.45) is 0.312. The van der Waals surface area contributed by atoms with Gasteiger partial charge in [-0.2, -0.15) is 0 Å². The highest BCUT2D eigenvalue weighted by molar-refractivity contribution is 7.99. The monoisotopic (exact) mass is 345 g/mol. The first-order valence-electron chi connectivity index (χ1n) is 8.07. The lowest BCUT2D eigenvalue weighted by molar-refractivity contribution is -0.0158. The number of hydrogen-bond donors (Lipinski definition) is 0. The van der Waals surface area contributed by atoms with Gasteiger partial charge in [-0.1, -0.05) is 30.0 Å². The lowest BCUT2D eigenvalue weighted by Gasteiger charge is -2.30. The van der Waals surface area contributed by atoms with E-state index in [9.17, 15) is 0 Å². The first-order chi connectivity index (χ1) is 11.8. The number of hydrogen-bond acceptors (Lipinski definition) is 7. The fourth-order valence-corrected chi connectivity index (χ4v) is 3.57. The number of aromatic nitrogens is 2. The Morgan fingerprint density at radius 3 is 3.04 bits per heavy atom. The van der Waals surface area contributed by atoms with Gasteiger partial charge >= 0.3 is 0 Å². The summed E-state index contributed by atoms with van der Waals surface area (Å²) in [5.74, 6) is 1.94. The first kappa shape index (κ1) is 15.7. The Kier molecular flexibility index (Phi) is 4.55. The van der Waals surface area contributed by atoms with Crippen LogP contribution in [0.25, 0.3) is 22.6 Å². The summed E-state index contributed by atoms with van der Waals surface area (Å²) in [5, 5.41) is 9.80. The molecule has 4 rings (SSSR count). The number of ether oxygens (including phenoxy) is 1. The number of para-hydroxylation sites is 1. The van der Waals surface area contributed by atoms with Crippen LogP contribution in [-0.4, -0.2) is 53.2 Å². The van der Waals surface area contributed by atoms with Gasteiger partial charge in [0.05, 0.1) is 12.7 Å². The van der Waals surface area contributed by atoms with Crippen molar-refractivity contribution in [2.24, 2.45) is 0 Å². The molecule has 7 heteroatoms. The first-order valence-corrected chi connectivity index (χ1v) is 9.06. The van der Waals surface area contributed by atoms with E-state index in [0.29, 0.717) is 23.0 Å². The quantitative estimate of drug-likeness (QED) is 0.657. The molecule has 2 aromatic heterocycles. The molecule has 0 saturated carbocycles. The maximum Gasteiger partial charge on any atom is 0.284 e. The Labute approximate surface area is 144 Å². The molecule has 1 aromatic carbocycles. The number of fused-ring (bicyclic) bond motifs is 1. The van der Waals surface area contributed by atoms with Gasteiger partial charge in [0.15, 0.2) is 5.76 Å². The molecule has 1 aliphatic rings. The molecule has 126 valence electrons. The van der Waals surface area contributed by atoms with E-state index in [1.807, 2.05) is 30.3 Å². The Balaban J connectivity index is 1.36.